The molecule has 0 bridgehead atoms. The summed E-state index contributed by atoms with van der Waals surface area (Å²) in [5.74, 6) is 0. The summed E-state index contributed by atoms with van der Waals surface area (Å²) in [6.45, 7) is 4.73. The van der Waals surface area contributed by atoms with Crippen LogP contribution in [0.5, 0.6) is 0 Å². The van der Waals surface area contributed by atoms with Gasteiger partial charge in [0.1, 0.15) is 0 Å². The van der Waals surface area contributed by atoms with E-state index in [4.69, 9.17) is 5.26 Å². The Kier molecular flexibility index (Phi) is 4.67. The first kappa shape index (κ1) is 13.7. The highest BCUT2D eigenvalue weighted by Crippen LogP contribution is 2.16. The van der Waals surface area contributed by atoms with Crippen molar-refractivity contribution in [3.8, 4) is 6.07 Å². The van der Waals surface area contributed by atoms with E-state index < -0.39 is 10.0 Å². The standard InChI is InChI=1S/C12H16N2O2S/c1-3-9-14(4-2)17(15,16)12-7-5-11(10-13)6-8-12/h5-8H,3-4,9H2,1-2H3. The summed E-state index contributed by atoms with van der Waals surface area (Å²) in [6, 6.07) is 7.96. The summed E-state index contributed by atoms with van der Waals surface area (Å²) < 4.78 is 25.8. The number of benzene rings is 1. The Morgan fingerprint density at radius 2 is 1.82 bits per heavy atom. The third-order valence-electron chi connectivity index (χ3n) is 2.45. The van der Waals surface area contributed by atoms with Crippen LogP contribution in [0, 0.1) is 11.3 Å². The summed E-state index contributed by atoms with van der Waals surface area (Å²) in [4.78, 5) is 0.242. The first-order chi connectivity index (χ1) is 8.06. The predicted molar refractivity (Wildman–Crippen MR) is 65.9 cm³/mol. The second-order valence-electron chi connectivity index (χ2n) is 3.63. The molecule has 0 radical (unpaired) electrons. The lowest BCUT2D eigenvalue weighted by Crippen LogP contribution is -2.31. The first-order valence-electron chi connectivity index (χ1n) is 5.56. The van der Waals surface area contributed by atoms with E-state index in [1.54, 1.807) is 0 Å². The molecule has 0 atom stereocenters. The average Bonchev–Trinajstić information content (AvgIpc) is 2.35. The topological polar surface area (TPSA) is 61.2 Å². The van der Waals surface area contributed by atoms with Crippen molar-refractivity contribution in [3.05, 3.63) is 29.8 Å². The van der Waals surface area contributed by atoms with E-state index >= 15 is 0 Å². The van der Waals surface area contributed by atoms with Gasteiger partial charge < -0.3 is 0 Å². The van der Waals surface area contributed by atoms with Gasteiger partial charge in [0.15, 0.2) is 0 Å². The number of hydrogen-bond donors (Lipinski definition) is 0. The molecule has 0 spiro atoms. The van der Waals surface area contributed by atoms with Gasteiger partial charge >= 0.3 is 0 Å². The Balaban J connectivity index is 3.08. The number of rotatable bonds is 5. The maximum absolute atomic E-state index is 12.2. The van der Waals surface area contributed by atoms with E-state index in [-0.39, 0.29) is 4.90 Å². The van der Waals surface area contributed by atoms with Crippen molar-refractivity contribution in [3.63, 3.8) is 0 Å². The minimum absolute atomic E-state index is 0.242. The van der Waals surface area contributed by atoms with Gasteiger partial charge in [0.05, 0.1) is 16.5 Å². The lowest BCUT2D eigenvalue weighted by atomic mass is 10.2. The van der Waals surface area contributed by atoms with Gasteiger partial charge in [-0.15, -0.1) is 0 Å². The van der Waals surface area contributed by atoms with Crippen molar-refractivity contribution in [2.75, 3.05) is 13.1 Å². The lowest BCUT2D eigenvalue weighted by Gasteiger charge is -2.19. The number of nitrogens with zero attached hydrogens (tertiary/aromatic N) is 2. The molecule has 92 valence electrons. The van der Waals surface area contributed by atoms with Crippen molar-refractivity contribution in [1.29, 1.82) is 5.26 Å². The normalized spacial score (nSPS) is 11.4. The number of nitriles is 1. The molecular weight excluding hydrogens is 236 g/mol. The number of hydrogen-bond acceptors (Lipinski definition) is 3. The molecule has 0 heterocycles. The van der Waals surface area contributed by atoms with Crippen LogP contribution in [0.1, 0.15) is 25.8 Å². The fourth-order valence-electron chi connectivity index (χ4n) is 1.55. The van der Waals surface area contributed by atoms with E-state index in [1.165, 1.54) is 28.6 Å². The van der Waals surface area contributed by atoms with Crippen LogP contribution < -0.4 is 0 Å². The lowest BCUT2D eigenvalue weighted by molar-refractivity contribution is 0.427. The number of sulfonamides is 1. The summed E-state index contributed by atoms with van der Waals surface area (Å²) in [6.07, 6.45) is 0.781. The van der Waals surface area contributed by atoms with Crippen molar-refractivity contribution < 1.29 is 8.42 Å². The van der Waals surface area contributed by atoms with Crippen LogP contribution in [0.25, 0.3) is 0 Å². The highest BCUT2D eigenvalue weighted by Gasteiger charge is 2.21. The Labute approximate surface area is 103 Å². The molecule has 5 heteroatoms. The quantitative estimate of drug-likeness (QED) is 0.805. The van der Waals surface area contributed by atoms with Crippen LogP contribution in [0.4, 0.5) is 0 Å². The molecule has 0 saturated heterocycles. The van der Waals surface area contributed by atoms with Crippen molar-refractivity contribution >= 4 is 10.0 Å². The van der Waals surface area contributed by atoms with Gasteiger partial charge in [-0.2, -0.15) is 9.57 Å². The summed E-state index contributed by atoms with van der Waals surface area (Å²) in [5.41, 5.74) is 0.461. The van der Waals surface area contributed by atoms with Gasteiger partial charge in [-0.1, -0.05) is 13.8 Å². The van der Waals surface area contributed by atoms with E-state index in [0.29, 0.717) is 18.7 Å². The van der Waals surface area contributed by atoms with Gasteiger partial charge in [0.25, 0.3) is 0 Å². The molecule has 1 rings (SSSR count). The van der Waals surface area contributed by atoms with Crippen LogP contribution in [-0.2, 0) is 10.0 Å². The zero-order chi connectivity index (χ0) is 12.9. The van der Waals surface area contributed by atoms with Crippen LogP contribution >= 0.6 is 0 Å². The van der Waals surface area contributed by atoms with Gasteiger partial charge in [0.2, 0.25) is 10.0 Å². The van der Waals surface area contributed by atoms with E-state index in [1.807, 2.05) is 19.9 Å². The highest BCUT2D eigenvalue weighted by atomic mass is 32.2. The molecule has 0 aliphatic rings. The van der Waals surface area contributed by atoms with E-state index in [2.05, 4.69) is 0 Å². The molecule has 0 aliphatic heterocycles. The fraction of sp³-hybridized carbons (Fsp3) is 0.417. The minimum atomic E-state index is -3.41. The minimum Gasteiger partial charge on any atom is -0.207 e. The van der Waals surface area contributed by atoms with Crippen LogP contribution in [0.3, 0.4) is 0 Å². The Morgan fingerprint density at radius 1 is 1.24 bits per heavy atom. The predicted octanol–water partition coefficient (Wildman–Crippen LogP) is 1.98. The average molecular weight is 252 g/mol. The maximum Gasteiger partial charge on any atom is 0.243 e. The maximum atomic E-state index is 12.2. The van der Waals surface area contributed by atoms with Crippen molar-refractivity contribution in [2.24, 2.45) is 0 Å². The molecule has 0 fully saturated rings. The van der Waals surface area contributed by atoms with Crippen molar-refractivity contribution in [1.82, 2.24) is 4.31 Å². The van der Waals surface area contributed by atoms with Crippen LogP contribution in [-0.4, -0.2) is 25.8 Å². The van der Waals surface area contributed by atoms with E-state index in [0.717, 1.165) is 6.42 Å². The Hall–Kier alpha value is -1.38. The SMILES string of the molecule is CCCN(CC)S(=O)(=O)c1ccc(C#N)cc1. The fourth-order valence-corrected chi connectivity index (χ4v) is 3.09. The largest absolute Gasteiger partial charge is 0.243 e. The van der Waals surface area contributed by atoms with Gasteiger partial charge in [-0.3, -0.25) is 0 Å². The molecule has 17 heavy (non-hydrogen) atoms. The second kappa shape index (κ2) is 5.80. The van der Waals surface area contributed by atoms with Gasteiger partial charge in [0, 0.05) is 13.1 Å². The molecule has 1 aromatic carbocycles. The Morgan fingerprint density at radius 3 is 2.24 bits per heavy atom. The zero-order valence-electron chi connectivity index (χ0n) is 10.0. The molecule has 0 aliphatic carbocycles. The summed E-state index contributed by atoms with van der Waals surface area (Å²) in [7, 11) is -3.41. The molecule has 0 aromatic heterocycles. The van der Waals surface area contributed by atoms with Gasteiger partial charge in [-0.05, 0) is 30.7 Å². The Bertz CT molecular complexity index is 500. The molecule has 0 saturated carbocycles. The van der Waals surface area contributed by atoms with E-state index in [9.17, 15) is 8.42 Å². The van der Waals surface area contributed by atoms with Crippen LogP contribution in [0.15, 0.2) is 29.2 Å². The molecule has 0 unspecified atom stereocenters. The van der Waals surface area contributed by atoms with Gasteiger partial charge in [-0.25, -0.2) is 8.42 Å². The molecule has 4 nitrogen and oxygen atoms in total. The third-order valence-corrected chi connectivity index (χ3v) is 4.44. The third kappa shape index (κ3) is 3.05. The van der Waals surface area contributed by atoms with Crippen molar-refractivity contribution in [2.45, 2.75) is 25.2 Å². The molecule has 0 N–H and O–H groups in total. The second-order valence-corrected chi connectivity index (χ2v) is 5.57. The van der Waals surface area contributed by atoms with Crippen LogP contribution in [0.2, 0.25) is 0 Å². The highest BCUT2D eigenvalue weighted by molar-refractivity contribution is 7.89. The monoisotopic (exact) mass is 252 g/mol. The smallest absolute Gasteiger partial charge is 0.207 e. The molecule has 1 aromatic rings. The molecule has 0 amide bonds. The summed E-state index contributed by atoms with van der Waals surface area (Å²) >= 11 is 0. The molecular formula is C12H16N2O2S. The zero-order valence-corrected chi connectivity index (χ0v) is 10.9. The summed E-state index contributed by atoms with van der Waals surface area (Å²) in [5, 5.41) is 8.66. The first-order valence-corrected chi connectivity index (χ1v) is 7.00.